The summed E-state index contributed by atoms with van der Waals surface area (Å²) in [5.41, 5.74) is -0.0910. The number of H-pyrrole nitrogens is 1. The van der Waals surface area contributed by atoms with Crippen LogP contribution in [0.15, 0.2) is 12.1 Å². The van der Waals surface area contributed by atoms with E-state index in [1.807, 2.05) is 0 Å². The van der Waals surface area contributed by atoms with Gasteiger partial charge in [0.1, 0.15) is 10.3 Å². The largest absolute Gasteiger partial charge is 0.433 e. The Hall–Kier alpha value is -1.37. The van der Waals surface area contributed by atoms with Crippen LogP contribution in [-0.2, 0) is 6.18 Å². The number of alkyl halides is 3. The van der Waals surface area contributed by atoms with Crippen LogP contribution >= 0.6 is 12.2 Å². The van der Waals surface area contributed by atoms with Gasteiger partial charge in [0, 0.05) is 17.8 Å². The van der Waals surface area contributed by atoms with E-state index >= 15 is 0 Å². The highest BCUT2D eigenvalue weighted by atomic mass is 32.1. The molecule has 0 aliphatic heterocycles. The second kappa shape index (κ2) is 3.06. The molecule has 1 N–H and O–H groups in total. The monoisotopic (exact) mass is 233 g/mol. The minimum Gasteiger partial charge on any atom is -0.296 e. The molecule has 2 aromatic heterocycles. The molecule has 0 spiro atoms. The van der Waals surface area contributed by atoms with Gasteiger partial charge in [-0.25, -0.2) is 9.50 Å². The van der Waals surface area contributed by atoms with Crippen LogP contribution in [0.3, 0.4) is 0 Å². The van der Waals surface area contributed by atoms with E-state index in [1.54, 1.807) is 6.92 Å². The van der Waals surface area contributed by atoms with Gasteiger partial charge in [0.05, 0.1) is 0 Å². The third-order valence-electron chi connectivity index (χ3n) is 1.87. The Labute approximate surface area is 87.5 Å². The quantitative estimate of drug-likeness (QED) is 0.710. The molecule has 0 aromatic carbocycles. The van der Waals surface area contributed by atoms with Crippen molar-refractivity contribution < 1.29 is 13.2 Å². The molecule has 15 heavy (non-hydrogen) atoms. The van der Waals surface area contributed by atoms with Gasteiger partial charge in [-0.1, -0.05) is 12.2 Å². The van der Waals surface area contributed by atoms with Gasteiger partial charge >= 0.3 is 6.18 Å². The number of nitrogens with zero attached hydrogens (tertiary/aromatic N) is 2. The average Bonchev–Trinajstić information content (AvgIpc) is 2.44. The zero-order valence-corrected chi connectivity index (χ0v) is 8.41. The highest BCUT2D eigenvalue weighted by Gasteiger charge is 2.33. The van der Waals surface area contributed by atoms with Gasteiger partial charge in [0.25, 0.3) is 0 Å². The summed E-state index contributed by atoms with van der Waals surface area (Å²) in [5, 5.41) is 2.79. The first-order valence-electron chi connectivity index (χ1n) is 4.04. The number of hydrogen-bond donors (Lipinski definition) is 1. The van der Waals surface area contributed by atoms with Crippen molar-refractivity contribution in [2.45, 2.75) is 13.1 Å². The Morgan fingerprint density at radius 2 is 2.07 bits per heavy atom. The van der Waals surface area contributed by atoms with Crippen LogP contribution in [0.1, 0.15) is 11.4 Å². The topological polar surface area (TPSA) is 33.1 Å². The first-order chi connectivity index (χ1) is 6.88. The Bertz CT molecular complexity index is 566. The number of aromatic nitrogens is 3. The lowest BCUT2D eigenvalue weighted by atomic mass is 10.4. The Kier molecular flexibility index (Phi) is 2.07. The smallest absolute Gasteiger partial charge is 0.296 e. The van der Waals surface area contributed by atoms with Gasteiger partial charge in [-0.05, 0) is 6.92 Å². The number of rotatable bonds is 0. The van der Waals surface area contributed by atoms with Crippen LogP contribution in [0.25, 0.3) is 5.65 Å². The lowest BCUT2D eigenvalue weighted by Gasteiger charge is -2.05. The molecule has 0 amide bonds. The normalized spacial score (nSPS) is 12.3. The summed E-state index contributed by atoms with van der Waals surface area (Å²) in [7, 11) is 0. The highest BCUT2D eigenvalue weighted by Crippen LogP contribution is 2.27. The summed E-state index contributed by atoms with van der Waals surface area (Å²) in [6.45, 7) is 1.72. The van der Waals surface area contributed by atoms with Crippen molar-refractivity contribution in [2.24, 2.45) is 0 Å². The fourth-order valence-corrected chi connectivity index (χ4v) is 1.51. The van der Waals surface area contributed by atoms with E-state index in [0.29, 0.717) is 5.69 Å². The summed E-state index contributed by atoms with van der Waals surface area (Å²) in [5.74, 6) is 0. The predicted octanol–water partition coefficient (Wildman–Crippen LogP) is 2.72. The van der Waals surface area contributed by atoms with Crippen LogP contribution in [-0.4, -0.2) is 14.6 Å². The third kappa shape index (κ3) is 1.74. The molecule has 0 bridgehead atoms. The van der Waals surface area contributed by atoms with Gasteiger partial charge in [-0.15, -0.1) is 0 Å². The first-order valence-corrected chi connectivity index (χ1v) is 4.45. The number of aryl methyl sites for hydroxylation is 1. The minimum absolute atomic E-state index is 0.0559. The van der Waals surface area contributed by atoms with E-state index in [1.165, 1.54) is 10.6 Å². The lowest BCUT2D eigenvalue weighted by molar-refractivity contribution is -0.141. The molecule has 0 fully saturated rings. The van der Waals surface area contributed by atoms with Gasteiger partial charge in [-0.2, -0.15) is 13.2 Å². The van der Waals surface area contributed by atoms with E-state index in [2.05, 4.69) is 10.1 Å². The average molecular weight is 233 g/mol. The number of fused-ring (bicyclic) bond motifs is 1. The summed E-state index contributed by atoms with van der Waals surface area (Å²) in [6.07, 6.45) is -4.46. The van der Waals surface area contributed by atoms with E-state index < -0.39 is 11.9 Å². The molecular formula is C8H6F3N3S. The maximum absolute atomic E-state index is 12.4. The molecule has 0 saturated carbocycles. The molecular weight excluding hydrogens is 227 g/mol. The van der Waals surface area contributed by atoms with Crippen LogP contribution in [0.4, 0.5) is 13.2 Å². The van der Waals surface area contributed by atoms with Crippen LogP contribution in [0.2, 0.25) is 0 Å². The van der Waals surface area contributed by atoms with Crippen LogP contribution < -0.4 is 0 Å². The van der Waals surface area contributed by atoms with E-state index in [4.69, 9.17) is 12.2 Å². The van der Waals surface area contributed by atoms with Gasteiger partial charge in [0.2, 0.25) is 0 Å². The van der Waals surface area contributed by atoms with E-state index in [-0.39, 0.29) is 10.3 Å². The van der Waals surface area contributed by atoms with E-state index in [9.17, 15) is 13.2 Å². The molecule has 0 unspecified atom stereocenters. The third-order valence-corrected chi connectivity index (χ3v) is 2.17. The van der Waals surface area contributed by atoms with E-state index in [0.717, 1.165) is 6.07 Å². The zero-order chi connectivity index (χ0) is 11.2. The SMILES string of the molecule is Cc1cc2nc(C(F)(F)F)cc(=S)n2[nH]1. The maximum Gasteiger partial charge on any atom is 0.433 e. The second-order valence-corrected chi connectivity index (χ2v) is 3.53. The van der Waals surface area contributed by atoms with Crippen molar-refractivity contribution >= 4 is 17.9 Å². The van der Waals surface area contributed by atoms with Gasteiger partial charge in [-0.3, -0.25) is 5.10 Å². The molecule has 2 rings (SSSR count). The minimum atomic E-state index is -4.46. The molecule has 2 aromatic rings. The molecule has 7 heteroatoms. The van der Waals surface area contributed by atoms with Crippen LogP contribution in [0.5, 0.6) is 0 Å². The molecule has 3 nitrogen and oxygen atoms in total. The summed E-state index contributed by atoms with van der Waals surface area (Å²) in [6, 6.07) is 2.34. The fraction of sp³-hybridized carbons (Fsp3) is 0.250. The Morgan fingerprint density at radius 1 is 1.40 bits per heavy atom. The van der Waals surface area contributed by atoms with Gasteiger partial charge < -0.3 is 0 Å². The molecule has 0 atom stereocenters. The van der Waals surface area contributed by atoms with Crippen molar-refractivity contribution in [3.05, 3.63) is 28.2 Å². The number of halogens is 3. The molecule has 2 heterocycles. The number of nitrogens with one attached hydrogen (secondary N) is 1. The summed E-state index contributed by atoms with van der Waals surface area (Å²) >= 11 is 4.82. The number of hydrogen-bond acceptors (Lipinski definition) is 2. The lowest BCUT2D eigenvalue weighted by Crippen LogP contribution is -2.09. The number of aromatic amines is 1. The molecule has 0 radical (unpaired) electrons. The van der Waals surface area contributed by atoms with Crippen molar-refractivity contribution in [1.29, 1.82) is 0 Å². The fourth-order valence-electron chi connectivity index (χ4n) is 1.26. The second-order valence-electron chi connectivity index (χ2n) is 3.11. The van der Waals surface area contributed by atoms with Crippen molar-refractivity contribution in [2.75, 3.05) is 0 Å². The van der Waals surface area contributed by atoms with Gasteiger partial charge in [0.15, 0.2) is 5.65 Å². The maximum atomic E-state index is 12.4. The van der Waals surface area contributed by atoms with Crippen molar-refractivity contribution in [1.82, 2.24) is 14.6 Å². The molecule has 0 aliphatic carbocycles. The Morgan fingerprint density at radius 3 is 2.67 bits per heavy atom. The highest BCUT2D eigenvalue weighted by molar-refractivity contribution is 7.71. The molecule has 0 saturated heterocycles. The predicted molar refractivity (Wildman–Crippen MR) is 50.1 cm³/mol. The summed E-state index contributed by atoms with van der Waals surface area (Å²) in [4.78, 5) is 3.47. The zero-order valence-electron chi connectivity index (χ0n) is 7.59. The molecule has 0 aliphatic rings. The first kappa shape index (κ1) is 10.2. The standard InChI is InChI=1S/C8H6F3N3S/c1-4-2-6-12-5(8(9,10)11)3-7(15)14(6)13-4/h2-3,13H,1H3. The van der Waals surface area contributed by atoms with Crippen molar-refractivity contribution in [3.63, 3.8) is 0 Å². The summed E-state index contributed by atoms with van der Waals surface area (Å²) < 4.78 is 38.5. The Balaban J connectivity index is 2.78. The molecule has 80 valence electrons. The van der Waals surface area contributed by atoms with Crippen molar-refractivity contribution in [3.8, 4) is 0 Å². The van der Waals surface area contributed by atoms with Crippen LogP contribution in [0, 0.1) is 11.6 Å².